The smallest absolute Gasteiger partial charge is 0.143 e. The molecule has 0 atom stereocenters. The maximum Gasteiger partial charge on any atom is 0.143 e. The Balaban J connectivity index is 1.15. The summed E-state index contributed by atoms with van der Waals surface area (Å²) in [6.45, 7) is 0. The summed E-state index contributed by atoms with van der Waals surface area (Å²) in [4.78, 5) is 0. The summed E-state index contributed by atoms with van der Waals surface area (Å²) < 4.78 is 20.8. The summed E-state index contributed by atoms with van der Waals surface area (Å²) in [6, 6.07) is 75.1. The second-order valence-corrected chi connectivity index (χ2v) is 18.9. The van der Waals surface area contributed by atoms with Crippen molar-refractivity contribution >= 4 is 141 Å². The zero-order chi connectivity index (χ0) is 44.6. The third-order valence-corrected chi connectivity index (χ3v) is 15.6. The number of hydrogen-bond donors (Lipinski definition) is 0. The molecule has 0 aliphatic heterocycles. The van der Waals surface area contributed by atoms with E-state index >= 15 is 0 Å². The monoisotopic (exact) mass is 874 g/mol. The van der Waals surface area contributed by atoms with E-state index in [1.54, 1.807) is 0 Å². The molecule has 3 heterocycles. The number of benzene rings is 12. The molecule has 3 nitrogen and oxygen atoms in total. The van der Waals surface area contributed by atoms with Crippen LogP contribution in [0.1, 0.15) is 0 Å². The maximum atomic E-state index is 7.04. The average Bonchev–Trinajstić information content (AvgIpc) is 4.23. The average molecular weight is 875 g/mol. The molecular formula is C66H34O3. The van der Waals surface area contributed by atoms with E-state index in [-0.39, 0.29) is 0 Å². The van der Waals surface area contributed by atoms with Gasteiger partial charge in [-0.15, -0.1) is 0 Å². The molecule has 17 aromatic rings. The van der Waals surface area contributed by atoms with Gasteiger partial charge in [-0.1, -0.05) is 182 Å². The van der Waals surface area contributed by atoms with Crippen LogP contribution >= 0.6 is 0 Å². The molecule has 17 rings (SSSR count). The molecule has 14 aromatic carbocycles. The molecule has 0 bridgehead atoms. The third kappa shape index (κ3) is 4.48. The molecule has 69 heavy (non-hydrogen) atoms. The summed E-state index contributed by atoms with van der Waals surface area (Å²) in [5, 5.41) is 23.8. The molecule has 0 unspecified atom stereocenters. The fourth-order valence-electron chi connectivity index (χ4n) is 12.8. The predicted octanol–water partition coefficient (Wildman–Crippen LogP) is 19.3. The summed E-state index contributed by atoms with van der Waals surface area (Å²) in [5.41, 5.74) is 12.1. The van der Waals surface area contributed by atoms with Gasteiger partial charge in [0.1, 0.15) is 33.5 Å². The van der Waals surface area contributed by atoms with Crippen molar-refractivity contribution < 1.29 is 13.3 Å². The van der Waals surface area contributed by atoms with Gasteiger partial charge < -0.3 is 13.3 Å². The van der Waals surface area contributed by atoms with E-state index in [1.807, 2.05) is 6.07 Å². The Morgan fingerprint density at radius 1 is 0.188 bits per heavy atom. The first-order valence-corrected chi connectivity index (χ1v) is 23.7. The van der Waals surface area contributed by atoms with Crippen molar-refractivity contribution in [2.45, 2.75) is 0 Å². The second-order valence-electron chi connectivity index (χ2n) is 18.9. The van der Waals surface area contributed by atoms with Crippen LogP contribution in [0.15, 0.2) is 220 Å². The number of para-hydroxylation sites is 6. The topological polar surface area (TPSA) is 39.4 Å². The highest BCUT2D eigenvalue weighted by atomic mass is 16.3. The van der Waals surface area contributed by atoms with Gasteiger partial charge in [-0.2, -0.15) is 0 Å². The number of rotatable bonds is 3. The largest absolute Gasteiger partial charge is 0.455 e. The number of furan rings is 3. The van der Waals surface area contributed by atoms with Crippen LogP contribution in [0.3, 0.4) is 0 Å². The Morgan fingerprint density at radius 2 is 0.580 bits per heavy atom. The minimum atomic E-state index is 0.881. The SMILES string of the molecule is c1ccc2c(c1)oc1c(-c3ccc4c5c(-c6cccc7c6oc6ccccc67)c6c(cc7c8ccccc8c8cccc6c87)c(-c6cccc7c6oc6ccccc67)c5c5cccc3c54)cccc12. The molecule has 0 aliphatic carbocycles. The molecule has 0 N–H and O–H groups in total. The van der Waals surface area contributed by atoms with Crippen LogP contribution in [0.2, 0.25) is 0 Å². The number of fused-ring (bicyclic) bond motifs is 17. The summed E-state index contributed by atoms with van der Waals surface area (Å²) >= 11 is 0. The van der Waals surface area contributed by atoms with Gasteiger partial charge in [0, 0.05) is 60.1 Å². The van der Waals surface area contributed by atoms with E-state index in [1.165, 1.54) is 86.5 Å². The van der Waals surface area contributed by atoms with Crippen molar-refractivity contribution in [3.8, 4) is 33.4 Å². The van der Waals surface area contributed by atoms with Crippen molar-refractivity contribution in [1.82, 2.24) is 0 Å². The van der Waals surface area contributed by atoms with Gasteiger partial charge in [0.2, 0.25) is 0 Å². The van der Waals surface area contributed by atoms with E-state index in [2.05, 4.69) is 200 Å². The molecule has 0 spiro atoms. The molecule has 3 heteroatoms. The van der Waals surface area contributed by atoms with Crippen LogP contribution in [-0.4, -0.2) is 0 Å². The van der Waals surface area contributed by atoms with Crippen LogP contribution in [0.5, 0.6) is 0 Å². The minimum Gasteiger partial charge on any atom is -0.455 e. The molecular weight excluding hydrogens is 841 g/mol. The van der Waals surface area contributed by atoms with E-state index in [4.69, 9.17) is 13.3 Å². The molecule has 3 aromatic heterocycles. The van der Waals surface area contributed by atoms with Crippen molar-refractivity contribution in [3.63, 3.8) is 0 Å². The van der Waals surface area contributed by atoms with Crippen LogP contribution in [-0.2, 0) is 0 Å². The Bertz CT molecular complexity index is 5080. The summed E-state index contributed by atoms with van der Waals surface area (Å²) in [6.07, 6.45) is 0. The molecule has 0 saturated heterocycles. The molecule has 0 saturated carbocycles. The fourth-order valence-corrected chi connectivity index (χ4v) is 12.8. The van der Waals surface area contributed by atoms with Crippen LogP contribution in [0.4, 0.5) is 0 Å². The maximum absolute atomic E-state index is 7.04. The minimum absolute atomic E-state index is 0.881. The van der Waals surface area contributed by atoms with E-state index < -0.39 is 0 Å². The van der Waals surface area contributed by atoms with E-state index in [9.17, 15) is 0 Å². The molecule has 0 radical (unpaired) electrons. The standard InChI is InChI=1S/C66H34O3/c1-2-15-36-35(14-1)41-19-9-25-47-58(41)52(36)34-53-59(47)63(51-28-13-24-46-40-18-5-8-31-56(40)69-66(46)51)62-49-33-32-37(43-21-11-22-44-38-16-3-6-29-54(38)67-64(43)44)42-20-10-26-48(57(42)49)61(62)60(53)50-27-12-23-45-39-17-4-7-30-55(39)68-65(45)50/h1-34H. The summed E-state index contributed by atoms with van der Waals surface area (Å²) in [7, 11) is 0. The van der Waals surface area contributed by atoms with Gasteiger partial charge in [0.15, 0.2) is 0 Å². The van der Waals surface area contributed by atoms with Gasteiger partial charge in [-0.25, -0.2) is 0 Å². The predicted molar refractivity (Wildman–Crippen MR) is 289 cm³/mol. The lowest BCUT2D eigenvalue weighted by atomic mass is 9.83. The van der Waals surface area contributed by atoms with Crippen LogP contribution < -0.4 is 0 Å². The normalized spacial score (nSPS) is 12.6. The zero-order valence-electron chi connectivity index (χ0n) is 36.9. The van der Waals surface area contributed by atoms with Gasteiger partial charge in [-0.05, 0) is 105 Å². The van der Waals surface area contributed by atoms with Crippen molar-refractivity contribution in [3.05, 3.63) is 206 Å². The van der Waals surface area contributed by atoms with Gasteiger partial charge in [0.25, 0.3) is 0 Å². The lowest BCUT2D eigenvalue weighted by Gasteiger charge is -2.19. The lowest BCUT2D eigenvalue weighted by molar-refractivity contribution is 0.669. The Hall–Kier alpha value is -9.18. The molecule has 0 aliphatic rings. The Kier molecular flexibility index (Phi) is 6.69. The molecule has 0 amide bonds. The highest BCUT2D eigenvalue weighted by Crippen LogP contribution is 2.57. The molecule has 316 valence electrons. The van der Waals surface area contributed by atoms with E-state index in [0.717, 1.165) is 88.1 Å². The van der Waals surface area contributed by atoms with Gasteiger partial charge >= 0.3 is 0 Å². The van der Waals surface area contributed by atoms with Crippen molar-refractivity contribution in [1.29, 1.82) is 0 Å². The quantitative estimate of drug-likeness (QED) is 0.166. The van der Waals surface area contributed by atoms with Gasteiger partial charge in [0.05, 0.1) is 0 Å². The second kappa shape index (κ2) is 12.8. The first-order chi connectivity index (χ1) is 34.3. The van der Waals surface area contributed by atoms with Crippen LogP contribution in [0, 0.1) is 0 Å². The van der Waals surface area contributed by atoms with E-state index in [0.29, 0.717) is 0 Å². The van der Waals surface area contributed by atoms with Crippen LogP contribution in [0.25, 0.3) is 175 Å². The fraction of sp³-hybridized carbons (Fsp3) is 0. The number of hydrogen-bond acceptors (Lipinski definition) is 3. The third-order valence-electron chi connectivity index (χ3n) is 15.6. The molecule has 0 fully saturated rings. The first kappa shape index (κ1) is 36.0. The van der Waals surface area contributed by atoms with Crippen molar-refractivity contribution in [2.24, 2.45) is 0 Å². The highest BCUT2D eigenvalue weighted by Gasteiger charge is 2.30. The lowest BCUT2D eigenvalue weighted by Crippen LogP contribution is -1.92. The highest BCUT2D eigenvalue weighted by molar-refractivity contribution is 6.46. The Morgan fingerprint density at radius 3 is 1.19 bits per heavy atom. The summed E-state index contributed by atoms with van der Waals surface area (Å²) in [5.74, 6) is 0. The zero-order valence-corrected chi connectivity index (χ0v) is 36.9. The van der Waals surface area contributed by atoms with Crippen molar-refractivity contribution in [2.75, 3.05) is 0 Å². The Labute approximate surface area is 392 Å². The first-order valence-electron chi connectivity index (χ1n) is 23.7. The van der Waals surface area contributed by atoms with Gasteiger partial charge in [-0.3, -0.25) is 0 Å².